The summed E-state index contributed by atoms with van der Waals surface area (Å²) >= 11 is 1.07. The van der Waals surface area contributed by atoms with Crippen molar-refractivity contribution < 1.29 is 34.1 Å². The fourth-order valence-corrected chi connectivity index (χ4v) is 2.99. The summed E-state index contributed by atoms with van der Waals surface area (Å²) in [4.78, 5) is 46.1. The molecule has 0 bridgehead atoms. The molecule has 0 aromatic carbocycles. The van der Waals surface area contributed by atoms with E-state index in [2.05, 4.69) is 10.6 Å². The van der Waals surface area contributed by atoms with Crippen molar-refractivity contribution in [2.24, 2.45) is 5.41 Å². The number of carbonyl (C=O) groups excluding carboxylic acids is 4. The largest absolute Gasteiger partial charge is 0.462 e. The van der Waals surface area contributed by atoms with Gasteiger partial charge in [-0.1, -0.05) is 25.6 Å². The Morgan fingerprint density at radius 1 is 1.30 bits per heavy atom. The van der Waals surface area contributed by atoms with Gasteiger partial charge in [0.2, 0.25) is 11.8 Å². The Labute approximate surface area is 162 Å². The highest BCUT2D eigenvalue weighted by molar-refractivity contribution is 8.13. The second-order valence-corrected chi connectivity index (χ2v) is 8.17. The Kier molecular flexibility index (Phi) is 9.75. The summed E-state index contributed by atoms with van der Waals surface area (Å²) in [6.45, 7) is 3.12. The van der Waals surface area contributed by atoms with Crippen molar-refractivity contribution in [2.45, 2.75) is 51.7 Å². The van der Waals surface area contributed by atoms with Gasteiger partial charge in [0, 0.05) is 37.1 Å². The summed E-state index contributed by atoms with van der Waals surface area (Å²) in [5.41, 5.74) is -0.965. The number of hydrogen-bond acceptors (Lipinski definition) is 8. The normalized spacial score (nSPS) is 17.9. The van der Waals surface area contributed by atoms with E-state index in [0.717, 1.165) is 11.8 Å². The van der Waals surface area contributed by atoms with Crippen LogP contribution in [0.15, 0.2) is 0 Å². The lowest BCUT2D eigenvalue weighted by Crippen LogP contribution is -2.46. The van der Waals surface area contributed by atoms with E-state index >= 15 is 0 Å². The number of ether oxygens (including phenoxy) is 1. The Balaban J connectivity index is 2.09. The van der Waals surface area contributed by atoms with Crippen molar-refractivity contribution >= 4 is 34.7 Å². The number of hydrogen-bond donors (Lipinski definition) is 4. The summed E-state index contributed by atoms with van der Waals surface area (Å²) < 4.78 is 4.98. The molecule has 4 N–H and O–H groups in total. The van der Waals surface area contributed by atoms with Gasteiger partial charge >= 0.3 is 5.97 Å². The Bertz CT molecular complexity index is 553. The SMILES string of the molecule is CC(C)(CO)[C@@H](O)C(=O)NCCC(=O)NCCSC(=O)CC1CCC(=O)O1. The molecule has 0 aromatic heterocycles. The number of nitrogens with one attached hydrogen (secondary N) is 2. The van der Waals surface area contributed by atoms with Crippen molar-refractivity contribution in [3.05, 3.63) is 0 Å². The highest BCUT2D eigenvalue weighted by Gasteiger charge is 2.32. The predicted octanol–water partition coefficient (Wildman–Crippen LogP) is -0.656. The number of aliphatic hydroxyl groups is 2. The molecular weight excluding hydrogens is 376 g/mol. The lowest BCUT2D eigenvalue weighted by atomic mass is 9.87. The van der Waals surface area contributed by atoms with E-state index in [9.17, 15) is 24.3 Å². The molecule has 2 amide bonds. The average Bonchev–Trinajstić information content (AvgIpc) is 3.02. The first-order valence-corrected chi connectivity index (χ1v) is 9.82. The molecule has 10 heteroatoms. The number of cyclic esters (lactones) is 1. The van der Waals surface area contributed by atoms with E-state index < -0.39 is 17.4 Å². The molecule has 0 aliphatic carbocycles. The third-order valence-corrected chi connectivity index (χ3v) is 4.99. The van der Waals surface area contributed by atoms with Crippen LogP contribution in [0.1, 0.15) is 39.5 Å². The Morgan fingerprint density at radius 3 is 2.59 bits per heavy atom. The maximum absolute atomic E-state index is 11.8. The lowest BCUT2D eigenvalue weighted by Gasteiger charge is -2.27. The van der Waals surface area contributed by atoms with Gasteiger partial charge in [-0.3, -0.25) is 19.2 Å². The van der Waals surface area contributed by atoms with Gasteiger partial charge in [-0.05, 0) is 6.42 Å². The number of aliphatic hydroxyl groups excluding tert-OH is 2. The van der Waals surface area contributed by atoms with Crippen molar-refractivity contribution in [2.75, 3.05) is 25.4 Å². The van der Waals surface area contributed by atoms with Gasteiger partial charge in [0.15, 0.2) is 5.12 Å². The van der Waals surface area contributed by atoms with Crippen LogP contribution in [0.4, 0.5) is 0 Å². The molecule has 0 aromatic rings. The molecule has 0 spiro atoms. The number of amides is 2. The first-order chi connectivity index (χ1) is 12.7. The third kappa shape index (κ3) is 8.72. The Hall–Kier alpha value is -1.65. The number of rotatable bonds is 11. The van der Waals surface area contributed by atoms with Crippen LogP contribution in [0.2, 0.25) is 0 Å². The molecule has 9 nitrogen and oxygen atoms in total. The summed E-state index contributed by atoms with van der Waals surface area (Å²) in [6, 6.07) is 0. The smallest absolute Gasteiger partial charge is 0.306 e. The molecule has 1 aliphatic heterocycles. The minimum absolute atomic E-state index is 0.0364. The molecule has 27 heavy (non-hydrogen) atoms. The van der Waals surface area contributed by atoms with Gasteiger partial charge in [-0.25, -0.2) is 0 Å². The highest BCUT2D eigenvalue weighted by Crippen LogP contribution is 2.20. The second kappa shape index (κ2) is 11.3. The zero-order chi connectivity index (χ0) is 20.4. The van der Waals surface area contributed by atoms with Crippen molar-refractivity contribution in [3.63, 3.8) is 0 Å². The number of esters is 1. The van der Waals surface area contributed by atoms with Crippen LogP contribution >= 0.6 is 11.8 Å². The van der Waals surface area contributed by atoms with Gasteiger partial charge in [0.25, 0.3) is 0 Å². The van der Waals surface area contributed by atoms with Gasteiger partial charge in [-0.15, -0.1) is 0 Å². The zero-order valence-corrected chi connectivity index (χ0v) is 16.5. The van der Waals surface area contributed by atoms with Crippen molar-refractivity contribution in [1.82, 2.24) is 10.6 Å². The van der Waals surface area contributed by atoms with Crippen LogP contribution in [0.5, 0.6) is 0 Å². The second-order valence-electron chi connectivity index (χ2n) is 7.02. The van der Waals surface area contributed by atoms with E-state index in [4.69, 9.17) is 9.84 Å². The maximum Gasteiger partial charge on any atom is 0.306 e. The molecule has 0 radical (unpaired) electrons. The molecule has 1 heterocycles. The molecule has 154 valence electrons. The monoisotopic (exact) mass is 404 g/mol. The van der Waals surface area contributed by atoms with Crippen LogP contribution in [-0.4, -0.2) is 70.8 Å². The molecule has 1 aliphatic rings. The van der Waals surface area contributed by atoms with Crippen molar-refractivity contribution in [1.29, 1.82) is 0 Å². The van der Waals surface area contributed by atoms with E-state index in [1.807, 2.05) is 0 Å². The minimum Gasteiger partial charge on any atom is -0.462 e. The molecule has 1 fully saturated rings. The summed E-state index contributed by atoms with van der Waals surface area (Å²) in [7, 11) is 0. The van der Waals surface area contributed by atoms with Gasteiger partial charge in [-0.2, -0.15) is 0 Å². The fraction of sp³-hybridized carbons (Fsp3) is 0.765. The van der Waals surface area contributed by atoms with Crippen LogP contribution < -0.4 is 10.6 Å². The Morgan fingerprint density at radius 2 is 2.00 bits per heavy atom. The third-order valence-electron chi connectivity index (χ3n) is 4.10. The summed E-state index contributed by atoms with van der Waals surface area (Å²) in [5, 5.41) is 23.9. The summed E-state index contributed by atoms with van der Waals surface area (Å²) in [6.07, 6.45) is -0.562. The van der Waals surface area contributed by atoms with E-state index in [1.165, 1.54) is 0 Å². The first-order valence-electron chi connectivity index (χ1n) is 8.84. The molecule has 2 atom stereocenters. The fourth-order valence-electron chi connectivity index (χ4n) is 2.25. The predicted molar refractivity (Wildman–Crippen MR) is 98.7 cm³/mol. The molecule has 1 saturated heterocycles. The zero-order valence-electron chi connectivity index (χ0n) is 15.7. The number of thioether (sulfide) groups is 1. The highest BCUT2D eigenvalue weighted by atomic mass is 32.2. The van der Waals surface area contributed by atoms with Crippen LogP contribution in [-0.2, 0) is 23.9 Å². The average molecular weight is 404 g/mol. The van der Waals surface area contributed by atoms with Gasteiger partial charge in [0.05, 0.1) is 13.0 Å². The quantitative estimate of drug-likeness (QED) is 0.263. The molecule has 1 unspecified atom stereocenters. The van der Waals surface area contributed by atoms with Gasteiger partial charge in [0.1, 0.15) is 12.2 Å². The van der Waals surface area contributed by atoms with E-state index in [0.29, 0.717) is 25.1 Å². The molecule has 1 rings (SSSR count). The van der Waals surface area contributed by atoms with Crippen LogP contribution in [0.3, 0.4) is 0 Å². The maximum atomic E-state index is 11.8. The number of carbonyl (C=O) groups is 4. The topological polar surface area (TPSA) is 142 Å². The van der Waals surface area contributed by atoms with Crippen LogP contribution in [0, 0.1) is 5.41 Å². The van der Waals surface area contributed by atoms with Crippen molar-refractivity contribution in [3.8, 4) is 0 Å². The molecule has 0 saturated carbocycles. The van der Waals surface area contributed by atoms with Crippen LogP contribution in [0.25, 0.3) is 0 Å². The van der Waals surface area contributed by atoms with Gasteiger partial charge < -0.3 is 25.6 Å². The lowest BCUT2D eigenvalue weighted by molar-refractivity contribution is -0.142. The summed E-state index contributed by atoms with van der Waals surface area (Å²) in [5.74, 6) is -0.801. The van der Waals surface area contributed by atoms with E-state index in [-0.39, 0.29) is 49.1 Å². The van der Waals surface area contributed by atoms with E-state index in [1.54, 1.807) is 13.8 Å². The minimum atomic E-state index is -1.37. The molecular formula is C17H28N2O7S. The first kappa shape index (κ1) is 23.4. The standard InChI is InChI=1S/C17H28N2O7S/c1-17(2,10-20)15(24)16(25)19-6-5-12(21)18-7-8-27-14(23)9-11-3-4-13(22)26-11/h11,15,20,24H,3-10H2,1-2H3,(H,18,21)(H,19,25)/t11?,15-/m0/s1.